The molecule has 0 saturated heterocycles. The maximum absolute atomic E-state index is 12.8. The number of nitrogens with one attached hydrogen (secondary N) is 2. The van der Waals surface area contributed by atoms with Gasteiger partial charge < -0.3 is 10.1 Å². The van der Waals surface area contributed by atoms with Crippen LogP contribution in [0, 0.1) is 6.92 Å². The molecule has 6 nitrogen and oxygen atoms in total. The first-order valence-corrected chi connectivity index (χ1v) is 10.5. The first-order valence-electron chi connectivity index (χ1n) is 8.64. The Morgan fingerprint density at radius 1 is 0.966 bits per heavy atom. The van der Waals surface area contributed by atoms with Crippen LogP contribution in [0.25, 0.3) is 0 Å². The molecule has 29 heavy (non-hydrogen) atoms. The summed E-state index contributed by atoms with van der Waals surface area (Å²) in [7, 11) is -2.52. The van der Waals surface area contributed by atoms with Crippen molar-refractivity contribution in [2.45, 2.75) is 11.8 Å². The molecule has 0 saturated carbocycles. The summed E-state index contributed by atoms with van der Waals surface area (Å²) in [4.78, 5) is 12.6. The number of anilines is 2. The number of hydrogen-bond donors (Lipinski definition) is 2. The Kier molecular flexibility index (Phi) is 6.10. The van der Waals surface area contributed by atoms with Gasteiger partial charge in [-0.25, -0.2) is 8.42 Å². The monoisotopic (exact) mass is 430 g/mol. The molecule has 3 aromatic carbocycles. The van der Waals surface area contributed by atoms with Crippen LogP contribution in [0.15, 0.2) is 71.6 Å². The highest BCUT2D eigenvalue weighted by atomic mass is 35.5. The minimum absolute atomic E-state index is 0.0535. The summed E-state index contributed by atoms with van der Waals surface area (Å²) in [5, 5.41) is 2.90. The van der Waals surface area contributed by atoms with Gasteiger partial charge in [0, 0.05) is 5.69 Å². The maximum atomic E-state index is 12.8. The number of rotatable bonds is 6. The highest BCUT2D eigenvalue weighted by molar-refractivity contribution is 7.92. The zero-order valence-electron chi connectivity index (χ0n) is 15.8. The molecule has 0 aliphatic heterocycles. The van der Waals surface area contributed by atoms with E-state index < -0.39 is 15.9 Å². The minimum Gasteiger partial charge on any atom is -0.495 e. The van der Waals surface area contributed by atoms with Crippen molar-refractivity contribution in [1.29, 1.82) is 0 Å². The molecule has 150 valence electrons. The van der Waals surface area contributed by atoms with Crippen LogP contribution in [0.3, 0.4) is 0 Å². The molecule has 0 aliphatic rings. The Bertz CT molecular complexity index is 1160. The SMILES string of the molecule is COc1ccccc1NS(=O)(=O)c1ccc(Cl)c(C(=O)Nc2ccccc2C)c1. The molecule has 0 aliphatic carbocycles. The van der Waals surface area contributed by atoms with Gasteiger partial charge in [-0.2, -0.15) is 0 Å². The van der Waals surface area contributed by atoms with Gasteiger partial charge in [0.15, 0.2) is 0 Å². The lowest BCUT2D eigenvalue weighted by Gasteiger charge is -2.13. The number of para-hydroxylation sites is 3. The van der Waals surface area contributed by atoms with Crippen molar-refractivity contribution in [2.75, 3.05) is 17.1 Å². The second-order valence-electron chi connectivity index (χ2n) is 6.22. The fraction of sp³-hybridized carbons (Fsp3) is 0.0952. The smallest absolute Gasteiger partial charge is 0.262 e. The topological polar surface area (TPSA) is 84.5 Å². The van der Waals surface area contributed by atoms with Gasteiger partial charge >= 0.3 is 0 Å². The van der Waals surface area contributed by atoms with Gasteiger partial charge in [0.05, 0.1) is 28.3 Å². The molecule has 0 unspecified atom stereocenters. The highest BCUT2D eigenvalue weighted by Crippen LogP contribution is 2.28. The lowest BCUT2D eigenvalue weighted by Crippen LogP contribution is -2.17. The van der Waals surface area contributed by atoms with E-state index in [1.165, 1.54) is 25.3 Å². The molecule has 2 N–H and O–H groups in total. The average molecular weight is 431 g/mol. The van der Waals surface area contributed by atoms with Gasteiger partial charge in [-0.1, -0.05) is 41.9 Å². The van der Waals surface area contributed by atoms with Crippen molar-refractivity contribution < 1.29 is 17.9 Å². The van der Waals surface area contributed by atoms with Crippen LogP contribution in [0.1, 0.15) is 15.9 Å². The Hall–Kier alpha value is -3.03. The van der Waals surface area contributed by atoms with E-state index in [2.05, 4.69) is 10.0 Å². The third-order valence-corrected chi connectivity index (χ3v) is 5.93. The largest absolute Gasteiger partial charge is 0.495 e. The number of ether oxygens (including phenoxy) is 1. The van der Waals surface area contributed by atoms with E-state index in [0.717, 1.165) is 5.56 Å². The van der Waals surface area contributed by atoms with E-state index in [1.54, 1.807) is 36.4 Å². The van der Waals surface area contributed by atoms with E-state index in [1.807, 2.05) is 19.1 Å². The van der Waals surface area contributed by atoms with Crippen molar-refractivity contribution in [3.05, 3.63) is 82.9 Å². The van der Waals surface area contributed by atoms with Crippen molar-refractivity contribution in [1.82, 2.24) is 0 Å². The number of halogens is 1. The quantitative estimate of drug-likeness (QED) is 0.593. The minimum atomic E-state index is -3.97. The van der Waals surface area contributed by atoms with Crippen LogP contribution in [0.4, 0.5) is 11.4 Å². The number of amides is 1. The van der Waals surface area contributed by atoms with Crippen molar-refractivity contribution >= 4 is 38.9 Å². The van der Waals surface area contributed by atoms with Gasteiger partial charge in [-0.05, 0) is 48.9 Å². The number of sulfonamides is 1. The van der Waals surface area contributed by atoms with Gasteiger partial charge in [-0.3, -0.25) is 9.52 Å². The van der Waals surface area contributed by atoms with Gasteiger partial charge in [0.2, 0.25) is 0 Å². The van der Waals surface area contributed by atoms with Crippen LogP contribution in [-0.4, -0.2) is 21.4 Å². The average Bonchev–Trinajstić information content (AvgIpc) is 2.70. The van der Waals surface area contributed by atoms with Crippen LogP contribution in [0.5, 0.6) is 5.75 Å². The molecule has 0 atom stereocenters. The van der Waals surface area contributed by atoms with E-state index in [-0.39, 0.29) is 21.2 Å². The highest BCUT2D eigenvalue weighted by Gasteiger charge is 2.20. The van der Waals surface area contributed by atoms with Crippen LogP contribution >= 0.6 is 11.6 Å². The third kappa shape index (κ3) is 4.70. The van der Waals surface area contributed by atoms with Crippen LogP contribution in [-0.2, 0) is 10.0 Å². The molecule has 8 heteroatoms. The lowest BCUT2D eigenvalue weighted by molar-refractivity contribution is 0.102. The van der Waals surface area contributed by atoms with Crippen LogP contribution < -0.4 is 14.8 Å². The summed E-state index contributed by atoms with van der Waals surface area (Å²) in [5.74, 6) is -0.124. The summed E-state index contributed by atoms with van der Waals surface area (Å²) >= 11 is 6.16. The molecule has 0 heterocycles. The molecule has 3 aromatic rings. The summed E-state index contributed by atoms with van der Waals surface area (Å²) in [6.07, 6.45) is 0. The predicted molar refractivity (Wildman–Crippen MR) is 114 cm³/mol. The third-order valence-electron chi connectivity index (χ3n) is 4.24. The zero-order chi connectivity index (χ0) is 21.0. The maximum Gasteiger partial charge on any atom is 0.262 e. The van der Waals surface area contributed by atoms with Gasteiger partial charge in [0.25, 0.3) is 15.9 Å². The second-order valence-corrected chi connectivity index (χ2v) is 8.31. The molecular formula is C21H19ClN2O4S. The lowest BCUT2D eigenvalue weighted by atomic mass is 10.1. The van der Waals surface area contributed by atoms with Gasteiger partial charge in [0.1, 0.15) is 5.75 Å². The number of aryl methyl sites for hydroxylation is 1. The molecule has 0 bridgehead atoms. The second kappa shape index (κ2) is 8.55. The molecule has 0 aromatic heterocycles. The molecule has 1 amide bonds. The standard InChI is InChI=1S/C21H19ClN2O4S/c1-14-7-3-4-8-18(14)23-21(25)16-13-15(11-12-17(16)22)29(26,27)24-19-9-5-6-10-20(19)28-2/h3-13,24H,1-2H3,(H,23,25). The fourth-order valence-corrected chi connectivity index (χ4v) is 3.98. The van der Waals surface area contributed by atoms with Crippen molar-refractivity contribution in [3.8, 4) is 5.75 Å². The summed E-state index contributed by atoms with van der Waals surface area (Å²) in [5.41, 5.74) is 1.83. The Morgan fingerprint density at radius 3 is 2.31 bits per heavy atom. The summed E-state index contributed by atoms with van der Waals surface area (Å²) in [6.45, 7) is 1.86. The first kappa shape index (κ1) is 20.7. The van der Waals surface area contributed by atoms with E-state index >= 15 is 0 Å². The van der Waals surface area contributed by atoms with E-state index in [4.69, 9.17) is 16.3 Å². The molecule has 0 radical (unpaired) electrons. The molecule has 0 fully saturated rings. The summed E-state index contributed by atoms with van der Waals surface area (Å²) in [6, 6.07) is 17.9. The van der Waals surface area contributed by atoms with Crippen molar-refractivity contribution in [3.63, 3.8) is 0 Å². The first-order chi connectivity index (χ1) is 13.8. The molecule has 3 rings (SSSR count). The Labute approximate surface area is 174 Å². The number of carbonyl (C=O) groups excluding carboxylic acids is 1. The molecular weight excluding hydrogens is 412 g/mol. The predicted octanol–water partition coefficient (Wildman–Crippen LogP) is 4.71. The number of carbonyl (C=O) groups is 1. The van der Waals surface area contributed by atoms with Crippen LogP contribution in [0.2, 0.25) is 5.02 Å². The normalized spacial score (nSPS) is 11.0. The van der Waals surface area contributed by atoms with Gasteiger partial charge in [-0.15, -0.1) is 0 Å². The number of benzene rings is 3. The van der Waals surface area contributed by atoms with Crippen molar-refractivity contribution in [2.24, 2.45) is 0 Å². The Morgan fingerprint density at radius 2 is 1.62 bits per heavy atom. The summed E-state index contributed by atoms with van der Waals surface area (Å²) < 4.78 is 33.3. The fourth-order valence-electron chi connectivity index (χ4n) is 2.68. The number of methoxy groups -OCH3 is 1. The van der Waals surface area contributed by atoms with E-state index in [0.29, 0.717) is 11.4 Å². The number of hydrogen-bond acceptors (Lipinski definition) is 4. The van der Waals surface area contributed by atoms with E-state index in [9.17, 15) is 13.2 Å². The molecule has 0 spiro atoms. The zero-order valence-corrected chi connectivity index (χ0v) is 17.3. The Balaban J connectivity index is 1.91.